The number of nitrogens with zero attached hydrogens (tertiary/aromatic N) is 3. The van der Waals surface area contributed by atoms with E-state index in [4.69, 9.17) is 18.9 Å². The van der Waals surface area contributed by atoms with Crippen LogP contribution in [0.15, 0.2) is 35.7 Å². The highest BCUT2D eigenvalue weighted by atomic mass is 32.1. The Morgan fingerprint density at radius 1 is 0.862 bits per heavy atom. The summed E-state index contributed by atoms with van der Waals surface area (Å²) in [5, 5.41) is 6.49. The van der Waals surface area contributed by atoms with Gasteiger partial charge in [0.1, 0.15) is 0 Å². The Morgan fingerprint density at radius 3 is 2.14 bits per heavy atom. The number of fused-ring (bicyclic) bond motifs is 1. The molecule has 150 valence electrons. The summed E-state index contributed by atoms with van der Waals surface area (Å²) < 4.78 is 37.0. The highest BCUT2D eigenvalue weighted by Gasteiger charge is 2.19. The number of aromatic nitrogens is 3. The molecule has 0 saturated heterocycles. The smallest absolute Gasteiger partial charge is 0.213 e. The molecule has 0 aliphatic rings. The number of benzene rings is 2. The van der Waals surface area contributed by atoms with E-state index in [1.54, 1.807) is 50.1 Å². The molecule has 4 rings (SSSR count). The molecule has 2 aromatic heterocycles. The summed E-state index contributed by atoms with van der Waals surface area (Å²) in [7, 11) is 6.08. The van der Waals surface area contributed by atoms with E-state index in [0.29, 0.717) is 39.2 Å². The summed E-state index contributed by atoms with van der Waals surface area (Å²) in [5.74, 6) is 1.77. The quantitative estimate of drug-likeness (QED) is 0.468. The van der Waals surface area contributed by atoms with Crippen molar-refractivity contribution in [3.63, 3.8) is 0 Å². The van der Waals surface area contributed by atoms with E-state index in [1.165, 1.54) is 24.5 Å². The van der Waals surface area contributed by atoms with Crippen molar-refractivity contribution in [3.8, 4) is 45.6 Å². The van der Waals surface area contributed by atoms with Crippen LogP contribution in [-0.2, 0) is 0 Å². The van der Waals surface area contributed by atoms with Gasteiger partial charge >= 0.3 is 0 Å². The van der Waals surface area contributed by atoms with E-state index in [0.717, 1.165) is 5.69 Å². The van der Waals surface area contributed by atoms with Gasteiger partial charge in [0.05, 0.1) is 34.1 Å². The monoisotopic (exact) mass is 415 g/mol. The van der Waals surface area contributed by atoms with Crippen LogP contribution >= 0.6 is 11.3 Å². The van der Waals surface area contributed by atoms with E-state index in [-0.39, 0.29) is 5.75 Å². The molecule has 2 aromatic carbocycles. The first kappa shape index (κ1) is 19.0. The van der Waals surface area contributed by atoms with Crippen LogP contribution in [-0.4, -0.2) is 43.0 Å². The van der Waals surface area contributed by atoms with E-state index in [1.807, 2.05) is 5.38 Å². The summed E-state index contributed by atoms with van der Waals surface area (Å²) in [4.78, 5) is 5.27. The largest absolute Gasteiger partial charge is 0.494 e. The van der Waals surface area contributed by atoms with Gasteiger partial charge < -0.3 is 18.9 Å². The van der Waals surface area contributed by atoms with Crippen molar-refractivity contribution in [1.82, 2.24) is 14.6 Å². The normalized spacial score (nSPS) is 10.9. The fourth-order valence-corrected chi connectivity index (χ4v) is 3.87. The van der Waals surface area contributed by atoms with Crippen molar-refractivity contribution < 1.29 is 23.3 Å². The zero-order valence-corrected chi connectivity index (χ0v) is 17.0. The van der Waals surface area contributed by atoms with Crippen molar-refractivity contribution in [2.75, 3.05) is 28.4 Å². The minimum absolute atomic E-state index is 0.192. The fourth-order valence-electron chi connectivity index (χ4n) is 3.04. The van der Waals surface area contributed by atoms with E-state index < -0.39 is 5.82 Å². The summed E-state index contributed by atoms with van der Waals surface area (Å²) in [5.41, 5.74) is 2.12. The SMILES string of the molecule is COc1ccc(-c2csc3nc(-c4cc(OC)c(OC)c(OC)c4)nn23)cc1F. The molecule has 0 saturated carbocycles. The Bertz CT molecular complexity index is 1160. The number of ether oxygens (including phenoxy) is 4. The summed E-state index contributed by atoms with van der Waals surface area (Å²) in [6, 6.07) is 8.36. The lowest BCUT2D eigenvalue weighted by Crippen LogP contribution is -1.96. The lowest BCUT2D eigenvalue weighted by molar-refractivity contribution is 0.324. The maximum absolute atomic E-state index is 14.1. The molecule has 0 amide bonds. The summed E-state index contributed by atoms with van der Waals surface area (Å²) in [6.07, 6.45) is 0. The van der Waals surface area contributed by atoms with Gasteiger partial charge in [-0.15, -0.1) is 16.4 Å². The lowest BCUT2D eigenvalue weighted by Gasteiger charge is -2.12. The van der Waals surface area contributed by atoms with Crippen LogP contribution in [0.1, 0.15) is 0 Å². The van der Waals surface area contributed by atoms with Crippen molar-refractivity contribution in [2.45, 2.75) is 0 Å². The molecule has 2 heterocycles. The van der Waals surface area contributed by atoms with E-state index >= 15 is 0 Å². The molecule has 0 fully saturated rings. The molecule has 0 atom stereocenters. The van der Waals surface area contributed by atoms with Crippen LogP contribution in [0.3, 0.4) is 0 Å². The van der Waals surface area contributed by atoms with Crippen molar-refractivity contribution in [2.24, 2.45) is 0 Å². The number of halogens is 1. The number of hydrogen-bond donors (Lipinski definition) is 0. The van der Waals surface area contributed by atoms with Gasteiger partial charge in [-0.2, -0.15) is 4.98 Å². The standard InChI is InChI=1S/C20H18FN3O4S/c1-25-15-6-5-11(7-13(15)21)14-10-29-20-22-19(23-24(14)20)12-8-16(26-2)18(28-4)17(9-12)27-3/h5-10H,1-4H3. The first-order valence-electron chi connectivity index (χ1n) is 8.58. The van der Waals surface area contributed by atoms with E-state index in [9.17, 15) is 4.39 Å². The summed E-state index contributed by atoms with van der Waals surface area (Å²) in [6.45, 7) is 0. The van der Waals surface area contributed by atoms with Crippen molar-refractivity contribution >= 4 is 16.3 Å². The number of rotatable bonds is 6. The van der Waals surface area contributed by atoms with Gasteiger partial charge in [0.2, 0.25) is 10.7 Å². The zero-order chi connectivity index (χ0) is 20.5. The number of thiazole rings is 1. The Balaban J connectivity index is 1.81. The van der Waals surface area contributed by atoms with Gasteiger partial charge in [0.25, 0.3) is 0 Å². The van der Waals surface area contributed by atoms with Gasteiger partial charge in [-0.25, -0.2) is 8.91 Å². The average Bonchev–Trinajstić information content (AvgIpc) is 3.33. The number of hydrogen-bond acceptors (Lipinski definition) is 7. The first-order chi connectivity index (χ1) is 14.1. The van der Waals surface area contributed by atoms with Crippen LogP contribution in [0, 0.1) is 5.82 Å². The first-order valence-corrected chi connectivity index (χ1v) is 9.46. The third kappa shape index (κ3) is 3.23. The average molecular weight is 415 g/mol. The molecule has 7 nitrogen and oxygen atoms in total. The molecule has 0 aliphatic carbocycles. The van der Waals surface area contributed by atoms with Crippen molar-refractivity contribution in [3.05, 3.63) is 41.5 Å². The summed E-state index contributed by atoms with van der Waals surface area (Å²) >= 11 is 1.42. The minimum atomic E-state index is -0.436. The van der Waals surface area contributed by atoms with E-state index in [2.05, 4.69) is 10.1 Å². The molecular formula is C20H18FN3O4S. The molecule has 0 bridgehead atoms. The predicted molar refractivity (Wildman–Crippen MR) is 108 cm³/mol. The second kappa shape index (κ2) is 7.59. The molecular weight excluding hydrogens is 397 g/mol. The predicted octanol–water partition coefficient (Wildman–Crippen LogP) is 4.30. The van der Waals surface area contributed by atoms with Gasteiger partial charge in [0.15, 0.2) is 28.9 Å². The maximum Gasteiger partial charge on any atom is 0.213 e. The maximum atomic E-state index is 14.1. The van der Waals surface area contributed by atoms with Gasteiger partial charge in [-0.1, -0.05) is 0 Å². The third-order valence-corrected chi connectivity index (χ3v) is 5.27. The Morgan fingerprint density at radius 2 is 1.55 bits per heavy atom. The Kier molecular flexibility index (Phi) is 4.98. The molecule has 0 unspecified atom stereocenters. The van der Waals surface area contributed by atoms with Gasteiger partial charge in [-0.05, 0) is 30.3 Å². The second-order valence-corrected chi connectivity index (χ2v) is 6.85. The highest BCUT2D eigenvalue weighted by Crippen LogP contribution is 2.41. The molecule has 0 radical (unpaired) electrons. The van der Waals surface area contributed by atoms with Crippen LogP contribution in [0.4, 0.5) is 4.39 Å². The Hall–Kier alpha value is -3.33. The number of methoxy groups -OCH3 is 4. The lowest BCUT2D eigenvalue weighted by atomic mass is 10.1. The van der Waals surface area contributed by atoms with Crippen molar-refractivity contribution in [1.29, 1.82) is 0 Å². The minimum Gasteiger partial charge on any atom is -0.494 e. The third-order valence-electron chi connectivity index (χ3n) is 4.45. The van der Waals surface area contributed by atoms with Crippen LogP contribution in [0.2, 0.25) is 0 Å². The molecule has 0 aliphatic heterocycles. The van der Waals surface area contributed by atoms with Crippen LogP contribution in [0.5, 0.6) is 23.0 Å². The second-order valence-electron chi connectivity index (χ2n) is 6.01. The molecule has 0 N–H and O–H groups in total. The molecule has 0 spiro atoms. The van der Waals surface area contributed by atoms with Gasteiger partial charge in [0, 0.05) is 16.5 Å². The molecule has 29 heavy (non-hydrogen) atoms. The molecule has 9 heteroatoms. The zero-order valence-electron chi connectivity index (χ0n) is 16.2. The highest BCUT2D eigenvalue weighted by molar-refractivity contribution is 7.15. The fraction of sp³-hybridized carbons (Fsp3) is 0.200. The van der Waals surface area contributed by atoms with Crippen LogP contribution < -0.4 is 18.9 Å². The Labute approximate surface area is 170 Å². The van der Waals surface area contributed by atoms with Gasteiger partial charge in [-0.3, -0.25) is 0 Å². The topological polar surface area (TPSA) is 67.1 Å². The molecule has 4 aromatic rings. The van der Waals surface area contributed by atoms with Crippen LogP contribution in [0.25, 0.3) is 27.6 Å².